The van der Waals surface area contributed by atoms with Crippen molar-refractivity contribution in [3.8, 4) is 5.75 Å². The maximum atomic E-state index is 14.1. The lowest BCUT2D eigenvalue weighted by Crippen LogP contribution is -2.48. The van der Waals surface area contributed by atoms with Crippen molar-refractivity contribution in [1.82, 2.24) is 9.80 Å². The Kier molecular flexibility index (Phi) is 7.92. The summed E-state index contributed by atoms with van der Waals surface area (Å²) in [6.07, 6.45) is 6.49. The molecule has 2 aliphatic heterocycles. The molecule has 4 nitrogen and oxygen atoms in total. The number of piperidine rings is 1. The lowest BCUT2D eigenvalue weighted by atomic mass is 9.73. The van der Waals surface area contributed by atoms with Gasteiger partial charge in [-0.05, 0) is 68.3 Å². The topological polar surface area (TPSA) is 32.8 Å². The molecule has 178 valence electrons. The zero-order valence-corrected chi connectivity index (χ0v) is 20.2. The quantitative estimate of drug-likeness (QED) is 0.589. The number of carbonyl (C=O) groups is 1. The third kappa shape index (κ3) is 6.07. The van der Waals surface area contributed by atoms with Crippen LogP contribution in [0, 0.1) is 11.2 Å². The molecule has 0 N–H and O–H groups in total. The van der Waals surface area contributed by atoms with Crippen molar-refractivity contribution >= 4 is 17.5 Å². The summed E-state index contributed by atoms with van der Waals surface area (Å²) in [5, 5.41) is 0.321. The first kappa shape index (κ1) is 24.0. The minimum absolute atomic E-state index is 0.0230. The number of para-hydroxylation sites is 1. The molecule has 1 fully saturated rings. The van der Waals surface area contributed by atoms with Crippen LogP contribution in [0.3, 0.4) is 0 Å². The van der Waals surface area contributed by atoms with Gasteiger partial charge in [0.15, 0.2) is 0 Å². The second-order valence-corrected chi connectivity index (χ2v) is 10.1. The molecule has 0 bridgehead atoms. The third-order valence-electron chi connectivity index (χ3n) is 7.28. The molecule has 4 rings (SSSR count). The highest BCUT2D eigenvalue weighted by Crippen LogP contribution is 2.38. The number of halogens is 2. The Morgan fingerprint density at radius 1 is 1.06 bits per heavy atom. The summed E-state index contributed by atoms with van der Waals surface area (Å²) in [5.41, 5.74) is 1.80. The van der Waals surface area contributed by atoms with E-state index in [1.165, 1.54) is 24.5 Å². The molecule has 0 saturated carbocycles. The minimum atomic E-state index is -0.408. The number of fused-ring (bicyclic) bond motifs is 1. The summed E-state index contributed by atoms with van der Waals surface area (Å²) in [7, 11) is 2.17. The first-order valence-electron chi connectivity index (χ1n) is 12.1. The zero-order chi connectivity index (χ0) is 23.3. The molecule has 0 aliphatic carbocycles. The number of carbonyl (C=O) groups excluding carboxylic acids is 1. The molecule has 6 heteroatoms. The Balaban J connectivity index is 1.38. The van der Waals surface area contributed by atoms with E-state index in [0.29, 0.717) is 17.2 Å². The molecule has 0 aromatic heterocycles. The number of amides is 1. The molecule has 0 unspecified atom stereocenters. The van der Waals surface area contributed by atoms with Gasteiger partial charge in [-0.25, -0.2) is 4.39 Å². The highest BCUT2D eigenvalue weighted by atomic mass is 35.5. The van der Waals surface area contributed by atoms with Crippen LogP contribution in [0.4, 0.5) is 4.39 Å². The highest BCUT2D eigenvalue weighted by Gasteiger charge is 2.36. The summed E-state index contributed by atoms with van der Waals surface area (Å²) in [5.74, 6) is 0.570. The van der Waals surface area contributed by atoms with Crippen LogP contribution in [-0.4, -0.2) is 55.5 Å². The summed E-state index contributed by atoms with van der Waals surface area (Å²) in [6, 6.07) is 12.9. The van der Waals surface area contributed by atoms with Crippen molar-refractivity contribution in [3.05, 3.63) is 64.4 Å². The van der Waals surface area contributed by atoms with Gasteiger partial charge in [0.25, 0.3) is 0 Å². The second kappa shape index (κ2) is 10.9. The van der Waals surface area contributed by atoms with Crippen LogP contribution in [0.15, 0.2) is 42.5 Å². The monoisotopic (exact) mass is 472 g/mol. The lowest BCUT2D eigenvalue weighted by molar-refractivity contribution is -0.133. The number of benzene rings is 2. The van der Waals surface area contributed by atoms with Crippen LogP contribution in [-0.2, 0) is 17.6 Å². The average molecular weight is 473 g/mol. The molecular weight excluding hydrogens is 439 g/mol. The van der Waals surface area contributed by atoms with Crippen molar-refractivity contribution in [2.24, 2.45) is 5.41 Å². The predicted octanol–water partition coefficient (Wildman–Crippen LogP) is 5.37. The van der Waals surface area contributed by atoms with Gasteiger partial charge in [-0.2, -0.15) is 0 Å². The SMILES string of the molecule is CN1CCOc2ccccc2CCCCC2(CCN(C(=O)Cc3c(F)cccc3Cl)CC2)C1. The van der Waals surface area contributed by atoms with Crippen LogP contribution in [0.2, 0.25) is 5.02 Å². The molecule has 1 saturated heterocycles. The van der Waals surface area contributed by atoms with Gasteiger partial charge in [0, 0.05) is 36.8 Å². The smallest absolute Gasteiger partial charge is 0.227 e. The largest absolute Gasteiger partial charge is 0.492 e. The third-order valence-corrected chi connectivity index (χ3v) is 7.63. The Hall–Kier alpha value is -2.11. The summed E-state index contributed by atoms with van der Waals surface area (Å²) < 4.78 is 20.2. The maximum absolute atomic E-state index is 14.1. The molecule has 2 aromatic rings. The van der Waals surface area contributed by atoms with E-state index in [0.717, 1.165) is 57.6 Å². The number of ether oxygens (including phenoxy) is 1. The van der Waals surface area contributed by atoms with E-state index in [2.05, 4.69) is 30.1 Å². The van der Waals surface area contributed by atoms with Crippen molar-refractivity contribution in [2.75, 3.05) is 39.8 Å². The van der Waals surface area contributed by atoms with Gasteiger partial charge >= 0.3 is 0 Å². The van der Waals surface area contributed by atoms with E-state index in [1.807, 2.05) is 11.0 Å². The molecule has 1 spiro atoms. The van der Waals surface area contributed by atoms with Gasteiger partial charge in [-0.15, -0.1) is 0 Å². The van der Waals surface area contributed by atoms with E-state index in [1.54, 1.807) is 12.1 Å². The van der Waals surface area contributed by atoms with Gasteiger partial charge in [0.05, 0.1) is 6.42 Å². The molecule has 2 aliphatic rings. The number of aryl methyl sites for hydroxylation is 1. The van der Waals surface area contributed by atoms with Crippen molar-refractivity contribution in [1.29, 1.82) is 0 Å². The maximum Gasteiger partial charge on any atom is 0.227 e. The Bertz CT molecular complexity index is 939. The number of nitrogens with zero attached hydrogens (tertiary/aromatic N) is 2. The van der Waals surface area contributed by atoms with E-state index < -0.39 is 5.82 Å². The molecule has 0 atom stereocenters. The minimum Gasteiger partial charge on any atom is -0.492 e. The van der Waals surface area contributed by atoms with Crippen molar-refractivity contribution in [3.63, 3.8) is 0 Å². The number of rotatable bonds is 2. The van der Waals surface area contributed by atoms with E-state index in [4.69, 9.17) is 16.3 Å². The van der Waals surface area contributed by atoms with Gasteiger partial charge in [0.2, 0.25) is 5.91 Å². The fraction of sp³-hybridized carbons (Fsp3) is 0.519. The molecule has 33 heavy (non-hydrogen) atoms. The van der Waals surface area contributed by atoms with Gasteiger partial charge in [-0.1, -0.05) is 42.3 Å². The first-order chi connectivity index (χ1) is 16.0. The fourth-order valence-electron chi connectivity index (χ4n) is 5.31. The number of hydrogen-bond donors (Lipinski definition) is 0. The lowest BCUT2D eigenvalue weighted by Gasteiger charge is -2.44. The van der Waals surface area contributed by atoms with E-state index in [-0.39, 0.29) is 17.7 Å². The van der Waals surface area contributed by atoms with Crippen LogP contribution in [0.5, 0.6) is 5.75 Å². The Morgan fingerprint density at radius 3 is 2.64 bits per heavy atom. The van der Waals surface area contributed by atoms with Gasteiger partial charge in [-0.3, -0.25) is 4.79 Å². The van der Waals surface area contributed by atoms with Crippen LogP contribution >= 0.6 is 11.6 Å². The second-order valence-electron chi connectivity index (χ2n) is 9.66. The Morgan fingerprint density at radius 2 is 1.85 bits per heavy atom. The van der Waals surface area contributed by atoms with Crippen molar-refractivity contribution < 1.29 is 13.9 Å². The summed E-state index contributed by atoms with van der Waals surface area (Å²) in [6.45, 7) is 4.01. The summed E-state index contributed by atoms with van der Waals surface area (Å²) >= 11 is 6.14. The molecular formula is C27H34ClFN2O2. The first-order valence-corrected chi connectivity index (χ1v) is 12.4. The van der Waals surface area contributed by atoms with Crippen LogP contribution in [0.1, 0.15) is 43.2 Å². The zero-order valence-electron chi connectivity index (χ0n) is 19.5. The molecule has 2 aromatic carbocycles. The molecule has 0 radical (unpaired) electrons. The standard InChI is InChI=1S/C27H34ClFN2O2/c1-30-17-18-33-25-11-3-2-7-21(25)8-4-5-12-27(20-30)13-15-31(16-14-27)26(32)19-22-23(28)9-6-10-24(22)29/h2-3,6-7,9-11H,4-5,8,12-20H2,1H3. The highest BCUT2D eigenvalue weighted by molar-refractivity contribution is 6.31. The average Bonchev–Trinajstić information content (AvgIpc) is 2.80. The van der Waals surface area contributed by atoms with Crippen LogP contribution < -0.4 is 4.74 Å². The van der Waals surface area contributed by atoms with Gasteiger partial charge in [0.1, 0.15) is 18.2 Å². The fourth-order valence-corrected chi connectivity index (χ4v) is 5.54. The number of hydrogen-bond acceptors (Lipinski definition) is 3. The van der Waals surface area contributed by atoms with E-state index in [9.17, 15) is 9.18 Å². The van der Waals surface area contributed by atoms with E-state index >= 15 is 0 Å². The normalized spacial score (nSPS) is 19.8. The molecule has 2 heterocycles. The number of likely N-dealkylation sites (tertiary alicyclic amines) is 1. The van der Waals surface area contributed by atoms with Gasteiger partial charge < -0.3 is 14.5 Å². The molecule has 1 amide bonds. The predicted molar refractivity (Wildman–Crippen MR) is 130 cm³/mol. The summed E-state index contributed by atoms with van der Waals surface area (Å²) in [4.78, 5) is 17.2. The Labute approximate surface area is 201 Å². The number of likely N-dealkylation sites (N-methyl/N-ethyl adjacent to an activating group) is 1. The van der Waals surface area contributed by atoms with Crippen LogP contribution in [0.25, 0.3) is 0 Å². The van der Waals surface area contributed by atoms with Crippen molar-refractivity contribution in [2.45, 2.75) is 44.9 Å².